The van der Waals surface area contributed by atoms with Gasteiger partial charge in [-0.2, -0.15) is 0 Å². The number of amides is 4. The number of allylic oxidation sites excluding steroid dienone is 1. The highest BCUT2D eigenvalue weighted by Gasteiger charge is 2.43. The molecule has 0 spiro atoms. The molecule has 1 fully saturated rings. The lowest BCUT2D eigenvalue weighted by Gasteiger charge is -2.32. The molecule has 9 nitrogen and oxygen atoms in total. The van der Waals surface area contributed by atoms with Gasteiger partial charge in [0.25, 0.3) is 5.91 Å². The first-order chi connectivity index (χ1) is 21.7. The summed E-state index contributed by atoms with van der Waals surface area (Å²) in [7, 11) is 0. The van der Waals surface area contributed by atoms with Crippen molar-refractivity contribution in [2.75, 3.05) is 13.1 Å². The zero-order chi connectivity index (χ0) is 32.3. The maximum absolute atomic E-state index is 14.3. The third-order valence-corrected chi connectivity index (χ3v) is 8.81. The number of hydrogen-bond donors (Lipinski definition) is 3. The van der Waals surface area contributed by atoms with Crippen molar-refractivity contribution in [2.45, 2.75) is 70.0 Å². The Morgan fingerprint density at radius 1 is 0.933 bits per heavy atom. The molecule has 0 saturated carbocycles. The zero-order valence-corrected chi connectivity index (χ0v) is 26.0. The van der Waals surface area contributed by atoms with E-state index in [1.807, 2.05) is 49.4 Å². The van der Waals surface area contributed by atoms with Crippen LogP contribution < -0.4 is 16.0 Å². The van der Waals surface area contributed by atoms with Gasteiger partial charge in [0.15, 0.2) is 0 Å². The third kappa shape index (κ3) is 8.56. The van der Waals surface area contributed by atoms with Crippen molar-refractivity contribution in [1.82, 2.24) is 20.9 Å². The molecular formula is C36H44N4O5. The number of Topliss-reactive ketones (excluding diaryl/α,β-unsaturated/α-hetero) is 1. The number of ketones is 1. The van der Waals surface area contributed by atoms with Gasteiger partial charge in [-0.3, -0.25) is 24.0 Å². The summed E-state index contributed by atoms with van der Waals surface area (Å²) in [6, 6.07) is 15.7. The maximum atomic E-state index is 14.3. The molecule has 1 unspecified atom stereocenters. The van der Waals surface area contributed by atoms with Crippen LogP contribution in [0.3, 0.4) is 0 Å². The van der Waals surface area contributed by atoms with Gasteiger partial charge in [0.2, 0.25) is 23.5 Å². The number of carbonyl (C=O) groups is 5. The van der Waals surface area contributed by atoms with Gasteiger partial charge in [-0.25, -0.2) is 0 Å². The molecule has 2 aromatic carbocycles. The first-order valence-corrected chi connectivity index (χ1v) is 15.8. The summed E-state index contributed by atoms with van der Waals surface area (Å²) >= 11 is 0. The highest BCUT2D eigenvalue weighted by molar-refractivity contribution is 6.38. The Bertz CT molecular complexity index is 1380. The second-order valence-electron chi connectivity index (χ2n) is 11.9. The second-order valence-corrected chi connectivity index (χ2v) is 11.9. The van der Waals surface area contributed by atoms with Crippen molar-refractivity contribution in [1.29, 1.82) is 0 Å². The van der Waals surface area contributed by atoms with Crippen molar-refractivity contribution in [3.63, 3.8) is 0 Å². The largest absolute Gasteiger partial charge is 0.350 e. The van der Waals surface area contributed by atoms with E-state index in [1.165, 1.54) is 17.2 Å². The molecule has 1 aliphatic carbocycles. The van der Waals surface area contributed by atoms with Crippen LogP contribution in [0.25, 0.3) is 0 Å². The van der Waals surface area contributed by atoms with Gasteiger partial charge in [-0.05, 0) is 68.1 Å². The van der Waals surface area contributed by atoms with E-state index in [1.54, 1.807) is 11.0 Å². The van der Waals surface area contributed by atoms with Crippen molar-refractivity contribution >= 4 is 29.4 Å². The lowest BCUT2D eigenvalue weighted by Crippen LogP contribution is -2.54. The van der Waals surface area contributed by atoms with Crippen molar-refractivity contribution < 1.29 is 24.0 Å². The SMILES string of the molecule is C=CCCC(NC(=O)[C@@H]1CCCN1C(=O)[C@@H](CC(=O)N[C@H](C)c1ccccc1)C1Cc2ccccc2C1)C(=O)C(=O)NCC=C. The van der Waals surface area contributed by atoms with Crippen LogP contribution in [0.1, 0.15) is 61.8 Å². The molecule has 45 heavy (non-hydrogen) atoms. The topological polar surface area (TPSA) is 125 Å². The lowest BCUT2D eigenvalue weighted by atomic mass is 9.85. The Morgan fingerprint density at radius 2 is 1.60 bits per heavy atom. The lowest BCUT2D eigenvalue weighted by molar-refractivity contribution is -0.145. The normalized spacial score (nSPS) is 17.8. The van der Waals surface area contributed by atoms with Crippen LogP contribution in [0, 0.1) is 11.8 Å². The molecule has 0 radical (unpaired) electrons. The highest BCUT2D eigenvalue weighted by atomic mass is 16.2. The summed E-state index contributed by atoms with van der Waals surface area (Å²) in [5, 5.41) is 8.27. The van der Waals surface area contributed by atoms with Crippen molar-refractivity contribution in [2.24, 2.45) is 11.8 Å². The fourth-order valence-corrected chi connectivity index (χ4v) is 6.41. The molecule has 4 atom stereocenters. The molecule has 3 N–H and O–H groups in total. The standard InChI is InChI=1S/C36H44N4O5/c1-4-6-17-30(33(42)35(44)37-19-5-2)39-34(43)31-18-12-20-40(31)36(45)29(28-21-26-15-10-11-16-27(26)22-28)23-32(41)38-24(3)25-13-8-7-9-14-25/h4-5,7-11,13-16,24,28-31H,1-2,6,12,17-23H2,3H3,(H,37,44)(H,38,41)(H,39,43)/t24-,29+,30?,31+/m1/s1. The molecule has 238 valence electrons. The van der Waals surface area contributed by atoms with Gasteiger partial charge in [0.1, 0.15) is 6.04 Å². The molecule has 2 aliphatic rings. The first-order valence-electron chi connectivity index (χ1n) is 15.8. The van der Waals surface area contributed by atoms with Crippen molar-refractivity contribution in [3.8, 4) is 0 Å². The zero-order valence-electron chi connectivity index (χ0n) is 26.0. The number of nitrogens with zero attached hydrogens (tertiary/aromatic N) is 1. The Hall–Kier alpha value is -4.53. The van der Waals surface area contributed by atoms with E-state index in [2.05, 4.69) is 41.2 Å². The summed E-state index contributed by atoms with van der Waals surface area (Å²) in [4.78, 5) is 68.2. The minimum Gasteiger partial charge on any atom is -0.350 e. The summed E-state index contributed by atoms with van der Waals surface area (Å²) < 4.78 is 0. The van der Waals surface area contributed by atoms with Gasteiger partial charge in [-0.1, -0.05) is 66.7 Å². The first kappa shape index (κ1) is 33.4. The number of nitrogens with one attached hydrogen (secondary N) is 3. The van der Waals surface area contributed by atoms with E-state index in [0.717, 1.165) is 5.56 Å². The third-order valence-electron chi connectivity index (χ3n) is 8.81. The summed E-state index contributed by atoms with van der Waals surface area (Å²) in [6.45, 7) is 9.64. The second kappa shape index (κ2) is 16.0. The average Bonchev–Trinajstić information content (AvgIpc) is 3.72. The predicted octanol–water partition coefficient (Wildman–Crippen LogP) is 3.60. The van der Waals surface area contributed by atoms with E-state index < -0.39 is 35.6 Å². The van der Waals surface area contributed by atoms with Crippen LogP contribution in [0.2, 0.25) is 0 Å². The Morgan fingerprint density at radius 3 is 2.24 bits per heavy atom. The van der Waals surface area contributed by atoms with Crippen LogP contribution in [0.5, 0.6) is 0 Å². The van der Waals surface area contributed by atoms with Gasteiger partial charge in [0.05, 0.1) is 18.0 Å². The molecular weight excluding hydrogens is 568 g/mol. The molecule has 4 rings (SSSR count). The molecule has 1 heterocycles. The molecule has 1 saturated heterocycles. The van der Waals surface area contributed by atoms with Crippen LogP contribution in [0.15, 0.2) is 79.9 Å². The number of likely N-dealkylation sites (tertiary alicyclic amines) is 1. The van der Waals surface area contributed by atoms with E-state index in [-0.39, 0.29) is 43.2 Å². The number of fused-ring (bicyclic) bond motifs is 1. The van der Waals surface area contributed by atoms with Crippen molar-refractivity contribution in [3.05, 3.63) is 96.6 Å². The molecule has 4 amide bonds. The molecule has 9 heteroatoms. The molecule has 0 aromatic heterocycles. The molecule has 1 aliphatic heterocycles. The number of carbonyl (C=O) groups excluding carboxylic acids is 5. The van der Waals surface area contributed by atoms with E-state index >= 15 is 0 Å². The Kier molecular flexibility index (Phi) is 11.8. The van der Waals surface area contributed by atoms with Crippen LogP contribution >= 0.6 is 0 Å². The van der Waals surface area contributed by atoms with Gasteiger partial charge in [-0.15, -0.1) is 13.2 Å². The maximum Gasteiger partial charge on any atom is 0.289 e. The summed E-state index contributed by atoms with van der Waals surface area (Å²) in [6.07, 6.45) is 6.11. The number of rotatable bonds is 15. The highest BCUT2D eigenvalue weighted by Crippen LogP contribution is 2.35. The quantitative estimate of drug-likeness (QED) is 0.210. The van der Waals surface area contributed by atoms with Crippen LogP contribution in [-0.4, -0.2) is 59.5 Å². The van der Waals surface area contributed by atoms with Crippen LogP contribution in [0.4, 0.5) is 0 Å². The number of hydrogen-bond acceptors (Lipinski definition) is 5. The fraction of sp³-hybridized carbons (Fsp3) is 0.417. The van der Waals surface area contributed by atoms with E-state index in [4.69, 9.17) is 0 Å². The average molecular weight is 613 g/mol. The monoisotopic (exact) mass is 612 g/mol. The smallest absolute Gasteiger partial charge is 0.289 e. The molecule has 2 aromatic rings. The Labute approximate surface area is 265 Å². The van der Waals surface area contributed by atoms with E-state index in [0.29, 0.717) is 38.6 Å². The van der Waals surface area contributed by atoms with Crippen LogP contribution in [-0.2, 0) is 36.8 Å². The minimum atomic E-state index is -1.05. The minimum absolute atomic E-state index is 0.00339. The Balaban J connectivity index is 1.51. The van der Waals surface area contributed by atoms with Gasteiger partial charge in [0, 0.05) is 19.5 Å². The van der Waals surface area contributed by atoms with Gasteiger partial charge < -0.3 is 20.9 Å². The number of benzene rings is 2. The molecule has 0 bridgehead atoms. The summed E-state index contributed by atoms with van der Waals surface area (Å²) in [5.74, 6) is -3.21. The predicted molar refractivity (Wildman–Crippen MR) is 173 cm³/mol. The van der Waals surface area contributed by atoms with E-state index in [9.17, 15) is 24.0 Å². The fourth-order valence-electron chi connectivity index (χ4n) is 6.41. The summed E-state index contributed by atoms with van der Waals surface area (Å²) in [5.41, 5.74) is 3.32. The van der Waals surface area contributed by atoms with Gasteiger partial charge >= 0.3 is 0 Å².